The highest BCUT2D eigenvalue weighted by atomic mass is 15.1. The number of rotatable bonds is 2. The van der Waals surface area contributed by atoms with Crippen LogP contribution in [0.2, 0.25) is 0 Å². The first kappa shape index (κ1) is 10.0. The molecule has 0 amide bonds. The Morgan fingerprint density at radius 2 is 1.50 bits per heavy atom. The molecule has 0 saturated heterocycles. The van der Waals surface area contributed by atoms with Crippen LogP contribution in [0.4, 0.5) is 0 Å². The summed E-state index contributed by atoms with van der Waals surface area (Å²) in [5.74, 6) is 1.90. The van der Waals surface area contributed by atoms with Crippen molar-refractivity contribution >= 4 is 0 Å². The lowest BCUT2D eigenvalue weighted by molar-refractivity contribution is 0.169. The minimum atomic E-state index is 0.861. The predicted octanol–water partition coefficient (Wildman–Crippen LogP) is 2.76. The maximum absolute atomic E-state index is 2.39. The Balaban J connectivity index is 2.30. The van der Waals surface area contributed by atoms with Crippen LogP contribution in [0.15, 0.2) is 0 Å². The second-order valence-electron chi connectivity index (χ2n) is 4.78. The molecule has 1 fully saturated rings. The van der Waals surface area contributed by atoms with Gasteiger partial charge in [-0.25, -0.2) is 0 Å². The third-order valence-electron chi connectivity index (χ3n) is 3.41. The molecule has 0 atom stereocenters. The van der Waals surface area contributed by atoms with Crippen molar-refractivity contribution in [2.75, 3.05) is 14.1 Å². The minimum absolute atomic E-state index is 0.861. The third-order valence-corrected chi connectivity index (χ3v) is 3.41. The summed E-state index contributed by atoms with van der Waals surface area (Å²) in [4.78, 5) is 2.39. The van der Waals surface area contributed by atoms with E-state index in [1.54, 1.807) is 0 Å². The molecule has 1 nitrogen and oxygen atoms in total. The molecular weight excluding hydrogens is 146 g/mol. The molecule has 0 aromatic heterocycles. The standard InChI is InChI=1S/C11H23N/c1-9(2)10-5-7-11(8-6-10)12(3)4/h9-11H,5-8H2,1-4H3/t10-,11-. The van der Waals surface area contributed by atoms with E-state index in [0.29, 0.717) is 0 Å². The molecule has 1 rings (SSSR count). The van der Waals surface area contributed by atoms with Gasteiger partial charge in [0.25, 0.3) is 0 Å². The largest absolute Gasteiger partial charge is 0.306 e. The molecule has 0 bridgehead atoms. The average Bonchev–Trinajstić information content (AvgIpc) is 2.04. The Bertz CT molecular complexity index is 105. The van der Waals surface area contributed by atoms with Gasteiger partial charge in [0.1, 0.15) is 0 Å². The van der Waals surface area contributed by atoms with Gasteiger partial charge in [-0.3, -0.25) is 0 Å². The van der Waals surface area contributed by atoms with E-state index in [4.69, 9.17) is 0 Å². The van der Waals surface area contributed by atoms with Crippen molar-refractivity contribution in [1.82, 2.24) is 4.90 Å². The SMILES string of the molecule is CC(C)[C@H]1CC[C@H](N(C)C)CC1. The summed E-state index contributed by atoms with van der Waals surface area (Å²) < 4.78 is 0. The van der Waals surface area contributed by atoms with E-state index in [2.05, 4.69) is 32.8 Å². The Kier molecular flexibility index (Phi) is 3.57. The highest BCUT2D eigenvalue weighted by Gasteiger charge is 2.23. The van der Waals surface area contributed by atoms with E-state index in [1.807, 2.05) is 0 Å². The maximum Gasteiger partial charge on any atom is 0.00893 e. The Labute approximate surface area is 77.1 Å². The fourth-order valence-electron chi connectivity index (χ4n) is 2.28. The molecule has 0 spiro atoms. The van der Waals surface area contributed by atoms with Crippen LogP contribution >= 0.6 is 0 Å². The Hall–Kier alpha value is -0.0400. The molecule has 0 unspecified atom stereocenters. The fraction of sp³-hybridized carbons (Fsp3) is 1.00. The molecule has 0 aliphatic heterocycles. The molecular formula is C11H23N. The highest BCUT2D eigenvalue weighted by molar-refractivity contribution is 4.78. The van der Waals surface area contributed by atoms with Crippen molar-refractivity contribution in [2.45, 2.75) is 45.6 Å². The molecule has 1 aliphatic rings. The van der Waals surface area contributed by atoms with Crippen molar-refractivity contribution < 1.29 is 0 Å². The predicted molar refractivity (Wildman–Crippen MR) is 54.3 cm³/mol. The van der Waals surface area contributed by atoms with Gasteiger partial charge in [-0.15, -0.1) is 0 Å². The zero-order valence-electron chi connectivity index (χ0n) is 9.01. The summed E-state index contributed by atoms with van der Waals surface area (Å²) in [6.07, 6.45) is 5.72. The van der Waals surface area contributed by atoms with E-state index >= 15 is 0 Å². The molecule has 1 heteroatoms. The van der Waals surface area contributed by atoms with E-state index in [0.717, 1.165) is 17.9 Å². The van der Waals surface area contributed by atoms with Gasteiger partial charge in [0.15, 0.2) is 0 Å². The van der Waals surface area contributed by atoms with Crippen molar-refractivity contribution in [3.63, 3.8) is 0 Å². The summed E-state index contributed by atoms with van der Waals surface area (Å²) in [7, 11) is 4.42. The van der Waals surface area contributed by atoms with E-state index < -0.39 is 0 Å². The van der Waals surface area contributed by atoms with Gasteiger partial charge in [-0.1, -0.05) is 13.8 Å². The van der Waals surface area contributed by atoms with Crippen molar-refractivity contribution in [3.05, 3.63) is 0 Å². The van der Waals surface area contributed by atoms with Crippen molar-refractivity contribution in [3.8, 4) is 0 Å². The van der Waals surface area contributed by atoms with Gasteiger partial charge >= 0.3 is 0 Å². The molecule has 72 valence electrons. The lowest BCUT2D eigenvalue weighted by Crippen LogP contribution is -2.33. The monoisotopic (exact) mass is 169 g/mol. The van der Waals surface area contributed by atoms with Gasteiger partial charge in [-0.05, 0) is 51.6 Å². The summed E-state index contributed by atoms with van der Waals surface area (Å²) in [5.41, 5.74) is 0. The molecule has 1 saturated carbocycles. The lowest BCUT2D eigenvalue weighted by Gasteiger charge is -2.34. The number of hydrogen-bond acceptors (Lipinski definition) is 1. The molecule has 0 N–H and O–H groups in total. The van der Waals surface area contributed by atoms with Crippen LogP contribution in [0.3, 0.4) is 0 Å². The second-order valence-corrected chi connectivity index (χ2v) is 4.78. The number of nitrogens with zero attached hydrogens (tertiary/aromatic N) is 1. The van der Waals surface area contributed by atoms with E-state index in [-0.39, 0.29) is 0 Å². The first-order chi connectivity index (χ1) is 5.61. The normalized spacial score (nSPS) is 31.5. The highest BCUT2D eigenvalue weighted by Crippen LogP contribution is 2.31. The van der Waals surface area contributed by atoms with Crippen molar-refractivity contribution in [1.29, 1.82) is 0 Å². The fourth-order valence-corrected chi connectivity index (χ4v) is 2.28. The number of hydrogen-bond donors (Lipinski definition) is 0. The topological polar surface area (TPSA) is 3.24 Å². The van der Waals surface area contributed by atoms with Crippen LogP contribution in [0.1, 0.15) is 39.5 Å². The van der Waals surface area contributed by atoms with E-state index in [9.17, 15) is 0 Å². The van der Waals surface area contributed by atoms with Crippen LogP contribution in [-0.2, 0) is 0 Å². The zero-order valence-corrected chi connectivity index (χ0v) is 9.01. The summed E-state index contributed by atoms with van der Waals surface area (Å²) in [5, 5.41) is 0. The molecule has 0 aromatic carbocycles. The van der Waals surface area contributed by atoms with Gasteiger partial charge in [-0.2, -0.15) is 0 Å². The van der Waals surface area contributed by atoms with Crippen LogP contribution in [0.25, 0.3) is 0 Å². The third kappa shape index (κ3) is 2.48. The summed E-state index contributed by atoms with van der Waals surface area (Å²) >= 11 is 0. The maximum atomic E-state index is 2.39. The molecule has 0 heterocycles. The summed E-state index contributed by atoms with van der Waals surface area (Å²) in [6, 6.07) is 0.861. The van der Waals surface area contributed by atoms with Gasteiger partial charge in [0.2, 0.25) is 0 Å². The summed E-state index contributed by atoms with van der Waals surface area (Å²) in [6.45, 7) is 4.72. The van der Waals surface area contributed by atoms with Gasteiger partial charge in [0, 0.05) is 6.04 Å². The molecule has 0 aromatic rings. The average molecular weight is 169 g/mol. The quantitative estimate of drug-likeness (QED) is 0.614. The minimum Gasteiger partial charge on any atom is -0.306 e. The zero-order chi connectivity index (χ0) is 9.14. The van der Waals surface area contributed by atoms with E-state index in [1.165, 1.54) is 25.7 Å². The van der Waals surface area contributed by atoms with Gasteiger partial charge in [0.05, 0.1) is 0 Å². The Morgan fingerprint density at radius 3 is 1.83 bits per heavy atom. The smallest absolute Gasteiger partial charge is 0.00893 e. The molecule has 1 aliphatic carbocycles. The van der Waals surface area contributed by atoms with Crippen molar-refractivity contribution in [2.24, 2.45) is 11.8 Å². The Morgan fingerprint density at radius 1 is 1.00 bits per heavy atom. The molecule has 0 radical (unpaired) electrons. The van der Waals surface area contributed by atoms with Crippen LogP contribution in [-0.4, -0.2) is 25.0 Å². The first-order valence-electron chi connectivity index (χ1n) is 5.27. The second kappa shape index (κ2) is 4.27. The van der Waals surface area contributed by atoms with Crippen LogP contribution in [0, 0.1) is 11.8 Å². The van der Waals surface area contributed by atoms with Gasteiger partial charge < -0.3 is 4.90 Å². The molecule has 12 heavy (non-hydrogen) atoms. The van der Waals surface area contributed by atoms with Crippen LogP contribution in [0.5, 0.6) is 0 Å². The lowest BCUT2D eigenvalue weighted by atomic mass is 9.79. The van der Waals surface area contributed by atoms with Crippen LogP contribution < -0.4 is 0 Å². The first-order valence-corrected chi connectivity index (χ1v) is 5.27.